The molecule has 1 N–H and O–H groups in total. The Balaban J connectivity index is 1.29. The number of nitrogens with one attached hydrogen (secondary N) is 1. The molecule has 0 saturated carbocycles. The van der Waals surface area contributed by atoms with Crippen LogP contribution in [0.3, 0.4) is 0 Å². The van der Waals surface area contributed by atoms with Gasteiger partial charge < -0.3 is 18.5 Å². The lowest BCUT2D eigenvalue weighted by Gasteiger charge is -2.11. The van der Waals surface area contributed by atoms with E-state index in [2.05, 4.69) is 63.7 Å². The van der Waals surface area contributed by atoms with Gasteiger partial charge in [0.05, 0.1) is 15.9 Å². The van der Waals surface area contributed by atoms with Crippen molar-refractivity contribution in [2.75, 3.05) is 0 Å². The Hall–Kier alpha value is -3.53. The van der Waals surface area contributed by atoms with Gasteiger partial charge in [0, 0.05) is 17.1 Å². The molecule has 0 aliphatic heterocycles. The predicted octanol–water partition coefficient (Wildman–Crippen LogP) is 6.42. The lowest BCUT2D eigenvalue weighted by molar-refractivity contribution is 0.0923. The van der Waals surface area contributed by atoms with Gasteiger partial charge in [0.15, 0.2) is 5.76 Å². The largest absolute Gasteiger partial charge is 0.490 e. The molecular formula is C28H28IN3O4. The van der Waals surface area contributed by atoms with Gasteiger partial charge in [-0.25, -0.2) is 5.43 Å². The third-order valence-electron chi connectivity index (χ3n) is 5.33. The number of hydrogen-bond acceptors (Lipinski definition) is 5. The maximum Gasteiger partial charge on any atom is 0.307 e. The molecule has 0 atom stereocenters. The molecule has 2 heterocycles. The minimum atomic E-state index is -0.436. The normalized spacial score (nSPS) is 11.3. The van der Waals surface area contributed by atoms with Crippen molar-refractivity contribution in [3.63, 3.8) is 0 Å². The number of halogens is 1. The monoisotopic (exact) mass is 597 g/mol. The van der Waals surface area contributed by atoms with Crippen molar-refractivity contribution in [3.05, 3.63) is 98.8 Å². The molecule has 1 amide bonds. The number of hydrogen-bond donors (Lipinski definition) is 1. The van der Waals surface area contributed by atoms with Crippen LogP contribution in [0.15, 0.2) is 76.2 Å². The van der Waals surface area contributed by atoms with E-state index in [9.17, 15) is 4.79 Å². The molecule has 2 aromatic heterocycles. The number of amides is 1. The molecule has 2 aromatic carbocycles. The lowest BCUT2D eigenvalue weighted by atomic mass is 10.2. The van der Waals surface area contributed by atoms with Gasteiger partial charge in [-0.15, -0.1) is 0 Å². The number of rotatable bonds is 9. The Bertz CT molecular complexity index is 1350. The van der Waals surface area contributed by atoms with Gasteiger partial charge in [0.2, 0.25) is 0 Å². The Kier molecular flexibility index (Phi) is 8.14. The highest BCUT2D eigenvalue weighted by Crippen LogP contribution is 2.23. The zero-order valence-corrected chi connectivity index (χ0v) is 22.8. The highest BCUT2D eigenvalue weighted by molar-refractivity contribution is 14.1. The maximum absolute atomic E-state index is 12.4. The fourth-order valence-electron chi connectivity index (χ4n) is 3.67. The van der Waals surface area contributed by atoms with E-state index in [1.807, 2.05) is 56.3 Å². The number of ether oxygens (including phenoxy) is 2. The number of carbonyl (C=O) groups is 1. The summed E-state index contributed by atoms with van der Waals surface area (Å²) >= 11 is 2.21. The molecule has 186 valence electrons. The number of carbonyl (C=O) groups excluding carboxylic acids is 1. The summed E-state index contributed by atoms with van der Waals surface area (Å²) in [5.41, 5.74) is 6.77. The summed E-state index contributed by atoms with van der Waals surface area (Å²) in [5, 5.41) is 4.03. The summed E-state index contributed by atoms with van der Waals surface area (Å²) in [5.74, 6) is 1.80. The average molecular weight is 597 g/mol. The van der Waals surface area contributed by atoms with Gasteiger partial charge in [0.25, 0.3) is 0 Å². The van der Waals surface area contributed by atoms with Crippen LogP contribution in [0.5, 0.6) is 11.5 Å². The molecule has 7 nitrogen and oxygen atoms in total. The highest BCUT2D eigenvalue weighted by atomic mass is 127. The van der Waals surface area contributed by atoms with Crippen molar-refractivity contribution in [3.8, 4) is 17.2 Å². The highest BCUT2D eigenvalue weighted by Gasteiger charge is 2.11. The second kappa shape index (κ2) is 11.5. The summed E-state index contributed by atoms with van der Waals surface area (Å²) in [6.07, 6.45) is 1.68. The average Bonchev–Trinajstić information content (AvgIpc) is 3.46. The number of aryl methyl sites for hydroxylation is 2. The topological polar surface area (TPSA) is 78.0 Å². The van der Waals surface area contributed by atoms with Crippen LogP contribution in [-0.2, 0) is 6.61 Å². The van der Waals surface area contributed by atoms with E-state index in [0.29, 0.717) is 11.5 Å². The summed E-state index contributed by atoms with van der Waals surface area (Å²) < 4.78 is 20.3. The minimum Gasteiger partial charge on any atom is -0.490 e. The van der Waals surface area contributed by atoms with Crippen molar-refractivity contribution < 1.29 is 18.7 Å². The molecule has 0 saturated heterocycles. The zero-order valence-electron chi connectivity index (χ0n) is 20.6. The quantitative estimate of drug-likeness (QED) is 0.137. The molecule has 0 radical (unpaired) electrons. The smallest absolute Gasteiger partial charge is 0.307 e. The number of nitrogens with zero attached hydrogens (tertiary/aromatic N) is 2. The number of furan rings is 1. The van der Waals surface area contributed by atoms with E-state index in [4.69, 9.17) is 13.9 Å². The summed E-state index contributed by atoms with van der Waals surface area (Å²) in [7, 11) is 0. The van der Waals surface area contributed by atoms with Crippen LogP contribution in [0.1, 0.15) is 47.1 Å². The van der Waals surface area contributed by atoms with Crippen molar-refractivity contribution in [2.45, 2.75) is 40.4 Å². The van der Waals surface area contributed by atoms with Gasteiger partial charge in [-0.05, 0) is 123 Å². The van der Waals surface area contributed by atoms with E-state index in [1.165, 1.54) is 11.4 Å². The Morgan fingerprint density at radius 2 is 1.78 bits per heavy atom. The molecule has 0 aliphatic rings. The van der Waals surface area contributed by atoms with Gasteiger partial charge in [-0.2, -0.15) is 5.10 Å². The fraction of sp³-hybridized carbons (Fsp3) is 0.214. The Labute approximate surface area is 224 Å². The Morgan fingerprint density at radius 1 is 1.06 bits per heavy atom. The van der Waals surface area contributed by atoms with Crippen LogP contribution in [0, 0.1) is 17.4 Å². The second-order valence-electron chi connectivity index (χ2n) is 8.56. The van der Waals surface area contributed by atoms with Gasteiger partial charge in [-0.3, -0.25) is 4.79 Å². The molecule has 8 heteroatoms. The van der Waals surface area contributed by atoms with Crippen LogP contribution < -0.4 is 14.9 Å². The summed E-state index contributed by atoms with van der Waals surface area (Å²) in [6.45, 7) is 8.33. The molecule has 36 heavy (non-hydrogen) atoms. The third kappa shape index (κ3) is 6.37. The summed E-state index contributed by atoms with van der Waals surface area (Å²) in [6, 6.07) is 21.1. The number of aromatic nitrogens is 1. The molecule has 0 bridgehead atoms. The van der Waals surface area contributed by atoms with Crippen LogP contribution in [0.4, 0.5) is 0 Å². The third-order valence-corrected chi connectivity index (χ3v) is 6.17. The predicted molar refractivity (Wildman–Crippen MR) is 148 cm³/mol. The first kappa shape index (κ1) is 25.6. The van der Waals surface area contributed by atoms with E-state index < -0.39 is 5.91 Å². The van der Waals surface area contributed by atoms with E-state index in [0.717, 1.165) is 20.6 Å². The van der Waals surface area contributed by atoms with E-state index in [-0.39, 0.29) is 18.5 Å². The molecular weight excluding hydrogens is 569 g/mol. The minimum absolute atomic E-state index is 0.102. The first-order valence-corrected chi connectivity index (χ1v) is 12.6. The van der Waals surface area contributed by atoms with Gasteiger partial charge >= 0.3 is 5.91 Å². The van der Waals surface area contributed by atoms with Crippen LogP contribution in [0.2, 0.25) is 0 Å². The van der Waals surface area contributed by atoms with Crippen LogP contribution in [0.25, 0.3) is 5.69 Å². The molecule has 0 aliphatic carbocycles. The van der Waals surface area contributed by atoms with E-state index >= 15 is 0 Å². The standard InChI is InChI=1S/C28H28IN3O4/c1-18(2)35-26-13-7-21(15-25(26)29)16-30-31-28(33)27-14-12-24(36-27)17-34-23-10-8-22(9-11-23)32-19(3)5-6-20(32)4/h5-16,18H,17H2,1-4H3,(H,31,33)/b30-16+. The summed E-state index contributed by atoms with van der Waals surface area (Å²) in [4.78, 5) is 12.4. The van der Waals surface area contributed by atoms with Crippen LogP contribution >= 0.6 is 22.6 Å². The zero-order chi connectivity index (χ0) is 25.7. The first-order chi connectivity index (χ1) is 17.3. The van der Waals surface area contributed by atoms with Crippen molar-refractivity contribution in [1.82, 2.24) is 9.99 Å². The number of benzene rings is 2. The first-order valence-electron chi connectivity index (χ1n) is 11.6. The molecule has 4 rings (SSSR count). The lowest BCUT2D eigenvalue weighted by Crippen LogP contribution is -2.16. The van der Waals surface area contributed by atoms with Gasteiger partial charge in [0.1, 0.15) is 23.9 Å². The molecule has 4 aromatic rings. The van der Waals surface area contributed by atoms with Gasteiger partial charge in [-0.1, -0.05) is 0 Å². The fourth-order valence-corrected chi connectivity index (χ4v) is 4.33. The van der Waals surface area contributed by atoms with Crippen LogP contribution in [-0.4, -0.2) is 22.8 Å². The molecule has 0 fully saturated rings. The Morgan fingerprint density at radius 3 is 2.44 bits per heavy atom. The van der Waals surface area contributed by atoms with Crippen molar-refractivity contribution >= 4 is 34.7 Å². The second-order valence-corrected chi connectivity index (χ2v) is 9.72. The number of hydrazone groups is 1. The van der Waals surface area contributed by atoms with Crippen molar-refractivity contribution in [1.29, 1.82) is 0 Å². The molecule has 0 spiro atoms. The SMILES string of the molecule is Cc1ccc(C)n1-c1ccc(OCc2ccc(C(=O)N/N=C/c3ccc(OC(C)C)c(I)c3)o2)cc1. The molecule has 0 unspecified atom stereocenters. The van der Waals surface area contributed by atoms with Crippen molar-refractivity contribution in [2.24, 2.45) is 5.10 Å². The van der Waals surface area contributed by atoms with E-state index in [1.54, 1.807) is 18.3 Å². The maximum atomic E-state index is 12.4.